The van der Waals surface area contributed by atoms with E-state index in [-0.39, 0.29) is 0 Å². The van der Waals surface area contributed by atoms with Crippen LogP contribution in [0.2, 0.25) is 0 Å². The van der Waals surface area contributed by atoms with E-state index in [2.05, 4.69) is 11.9 Å². The van der Waals surface area contributed by atoms with Gasteiger partial charge in [0.05, 0.1) is 0 Å². The molecule has 0 aliphatic carbocycles. The van der Waals surface area contributed by atoms with Crippen LogP contribution >= 0.6 is 0 Å². The van der Waals surface area contributed by atoms with Crippen molar-refractivity contribution >= 4 is 17.4 Å². The van der Waals surface area contributed by atoms with Gasteiger partial charge in [0, 0.05) is 12.2 Å². The molecule has 0 spiro atoms. The van der Waals surface area contributed by atoms with Gasteiger partial charge < -0.3 is 10.5 Å². The second kappa shape index (κ2) is 5.89. The van der Waals surface area contributed by atoms with Crippen LogP contribution < -0.4 is 11.1 Å². The van der Waals surface area contributed by atoms with Gasteiger partial charge in [-0.2, -0.15) is 0 Å². The Morgan fingerprint density at radius 3 is 2.58 bits per heavy atom. The molecule has 0 saturated carbocycles. The summed E-state index contributed by atoms with van der Waals surface area (Å²) >= 11 is 0. The van der Waals surface area contributed by atoms with Crippen molar-refractivity contribution in [1.82, 2.24) is 0 Å². The van der Waals surface area contributed by atoms with E-state index in [1.54, 1.807) is 0 Å². The predicted molar refractivity (Wildman–Crippen MR) is 79.1 cm³/mol. The van der Waals surface area contributed by atoms with Crippen molar-refractivity contribution < 1.29 is 9.53 Å². The van der Waals surface area contributed by atoms with Crippen LogP contribution in [0.1, 0.15) is 31.9 Å². The second-order valence-electron chi connectivity index (χ2n) is 5.46. The number of hydrogen-bond acceptors (Lipinski definition) is 3. The largest absolute Gasteiger partial charge is 0.444 e. The number of nitrogens with two attached hydrogens (primary N) is 1. The first kappa shape index (κ1) is 15.2. The number of carbonyl (C=O) groups is 1. The van der Waals surface area contributed by atoms with Crippen LogP contribution in [0.5, 0.6) is 0 Å². The van der Waals surface area contributed by atoms with Crippen molar-refractivity contribution in [3.63, 3.8) is 0 Å². The minimum atomic E-state index is -0.517. The van der Waals surface area contributed by atoms with Crippen molar-refractivity contribution in [2.75, 3.05) is 11.9 Å². The molecule has 1 amide bonds. The maximum Gasteiger partial charge on any atom is 0.412 e. The smallest absolute Gasteiger partial charge is 0.412 e. The molecule has 0 aliphatic heterocycles. The standard InChI is InChI=1S/C15H22N2O2/c1-10-6-7-12(11(2)9-16)8-13(10)17-14(18)19-15(3,4)5/h6-8H,2,9,16H2,1,3-5H3,(H,17,18). The molecule has 0 atom stereocenters. The Kier molecular flexibility index (Phi) is 4.72. The first-order chi connectivity index (χ1) is 8.73. The molecule has 0 radical (unpaired) electrons. The summed E-state index contributed by atoms with van der Waals surface area (Å²) in [5, 5.41) is 2.74. The summed E-state index contributed by atoms with van der Waals surface area (Å²) in [6, 6.07) is 5.71. The average Bonchev–Trinajstić information content (AvgIpc) is 2.28. The lowest BCUT2D eigenvalue weighted by Crippen LogP contribution is -2.27. The number of aryl methyl sites for hydroxylation is 1. The molecule has 0 aliphatic rings. The van der Waals surface area contributed by atoms with Crippen molar-refractivity contribution in [3.05, 3.63) is 35.9 Å². The van der Waals surface area contributed by atoms with E-state index in [9.17, 15) is 4.79 Å². The Hall–Kier alpha value is -1.81. The first-order valence-electron chi connectivity index (χ1n) is 6.22. The van der Waals surface area contributed by atoms with Crippen molar-refractivity contribution in [2.24, 2.45) is 5.73 Å². The molecule has 4 nitrogen and oxygen atoms in total. The predicted octanol–water partition coefficient (Wildman–Crippen LogP) is 3.31. The highest BCUT2D eigenvalue weighted by Crippen LogP contribution is 2.21. The van der Waals surface area contributed by atoms with Crippen LogP contribution in [-0.4, -0.2) is 18.2 Å². The quantitative estimate of drug-likeness (QED) is 0.878. The van der Waals surface area contributed by atoms with Gasteiger partial charge in [-0.25, -0.2) is 4.79 Å². The van der Waals surface area contributed by atoms with E-state index in [0.29, 0.717) is 12.2 Å². The maximum atomic E-state index is 11.8. The summed E-state index contributed by atoms with van der Waals surface area (Å²) in [4.78, 5) is 11.8. The monoisotopic (exact) mass is 262 g/mol. The van der Waals surface area contributed by atoms with Crippen molar-refractivity contribution in [2.45, 2.75) is 33.3 Å². The first-order valence-corrected chi connectivity index (χ1v) is 6.22. The highest BCUT2D eigenvalue weighted by atomic mass is 16.6. The van der Waals surface area contributed by atoms with Crippen LogP contribution in [0.15, 0.2) is 24.8 Å². The normalized spacial score (nSPS) is 11.0. The SMILES string of the molecule is C=C(CN)c1ccc(C)c(NC(=O)OC(C)(C)C)c1. The fraction of sp³-hybridized carbons (Fsp3) is 0.400. The lowest BCUT2D eigenvalue weighted by Gasteiger charge is -2.20. The van der Waals surface area contributed by atoms with Crippen LogP contribution in [0.3, 0.4) is 0 Å². The van der Waals surface area contributed by atoms with E-state index in [1.165, 1.54) is 0 Å². The molecule has 0 aromatic heterocycles. The third-order valence-corrected chi connectivity index (χ3v) is 2.53. The van der Waals surface area contributed by atoms with Crippen LogP contribution in [-0.2, 0) is 4.74 Å². The number of nitrogens with one attached hydrogen (secondary N) is 1. The number of carbonyl (C=O) groups excluding carboxylic acids is 1. The van der Waals surface area contributed by atoms with Gasteiger partial charge in [-0.15, -0.1) is 0 Å². The summed E-state index contributed by atoms with van der Waals surface area (Å²) in [6.07, 6.45) is -0.467. The zero-order chi connectivity index (χ0) is 14.6. The molecule has 0 saturated heterocycles. The summed E-state index contributed by atoms with van der Waals surface area (Å²) in [7, 11) is 0. The zero-order valence-electron chi connectivity index (χ0n) is 12.0. The molecular weight excluding hydrogens is 240 g/mol. The van der Waals surface area contributed by atoms with Crippen LogP contribution in [0, 0.1) is 6.92 Å². The third-order valence-electron chi connectivity index (χ3n) is 2.53. The number of rotatable bonds is 3. The van der Waals surface area contributed by atoms with Gasteiger partial charge in [0.2, 0.25) is 0 Å². The highest BCUT2D eigenvalue weighted by molar-refractivity contribution is 5.87. The number of ether oxygens (including phenoxy) is 1. The van der Waals surface area contributed by atoms with E-state index < -0.39 is 11.7 Å². The Labute approximate surface area is 114 Å². The van der Waals surface area contributed by atoms with Gasteiger partial charge in [-0.1, -0.05) is 18.7 Å². The molecule has 4 heteroatoms. The molecule has 3 N–H and O–H groups in total. The summed E-state index contributed by atoms with van der Waals surface area (Å²) in [5.41, 5.74) is 8.46. The number of benzene rings is 1. The molecular formula is C15H22N2O2. The van der Waals surface area contributed by atoms with Gasteiger partial charge in [0.25, 0.3) is 0 Å². The Balaban J connectivity index is 2.88. The molecule has 1 aromatic rings. The third kappa shape index (κ3) is 4.75. The van der Waals surface area contributed by atoms with Gasteiger partial charge in [-0.05, 0) is 50.5 Å². The van der Waals surface area contributed by atoms with Gasteiger partial charge in [0.1, 0.15) is 5.60 Å². The Bertz CT molecular complexity index is 487. The molecule has 104 valence electrons. The van der Waals surface area contributed by atoms with E-state index in [4.69, 9.17) is 10.5 Å². The summed E-state index contributed by atoms with van der Waals surface area (Å²) < 4.78 is 5.23. The Morgan fingerprint density at radius 2 is 2.05 bits per heavy atom. The molecule has 19 heavy (non-hydrogen) atoms. The maximum absolute atomic E-state index is 11.8. The molecule has 0 heterocycles. The molecule has 1 aromatic carbocycles. The Morgan fingerprint density at radius 1 is 1.42 bits per heavy atom. The second-order valence-corrected chi connectivity index (χ2v) is 5.46. The molecule has 1 rings (SSSR count). The van der Waals surface area contributed by atoms with E-state index in [0.717, 1.165) is 16.7 Å². The lowest BCUT2D eigenvalue weighted by atomic mass is 10.0. The van der Waals surface area contributed by atoms with Crippen molar-refractivity contribution in [3.8, 4) is 0 Å². The number of anilines is 1. The van der Waals surface area contributed by atoms with Crippen molar-refractivity contribution in [1.29, 1.82) is 0 Å². The van der Waals surface area contributed by atoms with Crippen LogP contribution in [0.25, 0.3) is 5.57 Å². The fourth-order valence-corrected chi connectivity index (χ4v) is 1.51. The zero-order valence-corrected chi connectivity index (χ0v) is 12.0. The summed E-state index contributed by atoms with van der Waals surface area (Å²) in [5.74, 6) is 0. The molecule has 0 fully saturated rings. The van der Waals surface area contributed by atoms with E-state index in [1.807, 2.05) is 45.9 Å². The number of amides is 1. The molecule has 0 unspecified atom stereocenters. The topological polar surface area (TPSA) is 64.3 Å². The lowest BCUT2D eigenvalue weighted by molar-refractivity contribution is 0.0636. The van der Waals surface area contributed by atoms with Gasteiger partial charge in [0.15, 0.2) is 0 Å². The average molecular weight is 262 g/mol. The summed E-state index contributed by atoms with van der Waals surface area (Å²) in [6.45, 7) is 11.7. The van der Waals surface area contributed by atoms with Gasteiger partial charge >= 0.3 is 6.09 Å². The fourth-order valence-electron chi connectivity index (χ4n) is 1.51. The minimum Gasteiger partial charge on any atom is -0.444 e. The van der Waals surface area contributed by atoms with Gasteiger partial charge in [-0.3, -0.25) is 5.32 Å². The highest BCUT2D eigenvalue weighted by Gasteiger charge is 2.16. The number of hydrogen-bond donors (Lipinski definition) is 2. The minimum absolute atomic E-state index is 0.384. The molecule has 0 bridgehead atoms. The van der Waals surface area contributed by atoms with Crippen LogP contribution in [0.4, 0.5) is 10.5 Å². The van der Waals surface area contributed by atoms with E-state index >= 15 is 0 Å².